The molecule has 6 nitrogen and oxygen atoms in total. The molecule has 0 aromatic carbocycles. The lowest BCUT2D eigenvalue weighted by Gasteiger charge is -2.04. The second-order valence-electron chi connectivity index (χ2n) is 12.2. The third-order valence-electron chi connectivity index (χ3n) is 7.70. The molecule has 0 aromatic heterocycles. The first-order chi connectivity index (χ1) is 21.0. The maximum atomic E-state index is 11.4. The highest BCUT2D eigenvalue weighted by atomic mass is 16.4. The normalized spacial score (nSPS) is 10.4. The molecule has 0 aliphatic heterocycles. The van der Waals surface area contributed by atoms with Crippen molar-refractivity contribution in [3.05, 3.63) is 0 Å². The van der Waals surface area contributed by atoms with Gasteiger partial charge in [-0.1, -0.05) is 175 Å². The number of aliphatic carboxylic acids is 1. The van der Waals surface area contributed by atoms with Gasteiger partial charge in [-0.15, -0.1) is 0 Å². The second kappa shape index (κ2) is 45.3. The number of nitrogens with one attached hydrogen (secondary N) is 1. The maximum absolute atomic E-state index is 11.4. The van der Waals surface area contributed by atoms with E-state index in [0.717, 1.165) is 38.6 Å². The van der Waals surface area contributed by atoms with Crippen LogP contribution >= 0.6 is 0 Å². The molecule has 0 atom stereocenters. The molecule has 0 saturated carbocycles. The summed E-state index contributed by atoms with van der Waals surface area (Å²) in [6.07, 6.45) is 36.7. The summed E-state index contributed by atoms with van der Waals surface area (Å²) in [6.45, 7) is 7.93. The second-order valence-corrected chi connectivity index (χ2v) is 12.2. The molecule has 260 valence electrons. The van der Waals surface area contributed by atoms with Gasteiger partial charge in [0.2, 0.25) is 5.91 Å². The van der Waals surface area contributed by atoms with Crippen LogP contribution in [0.25, 0.3) is 0 Å². The van der Waals surface area contributed by atoms with Gasteiger partial charge in [0, 0.05) is 25.9 Å². The summed E-state index contributed by atoms with van der Waals surface area (Å²) in [6, 6.07) is 0. The Balaban J connectivity index is -0.000000666. The molecule has 0 bridgehead atoms. The van der Waals surface area contributed by atoms with E-state index in [1.165, 1.54) is 148 Å². The standard InChI is InChI=1S/C19H39NO.C16H32O2.C2H7NO/c1-3-5-6-7-8-9-10-11-12-13-14-15-16-17-19(21)20-18-4-2;1-2-3-4-5-6-7-8-9-10-11-12-13-14-15-16(17)18;3-1-2-4/h3-18H2,1-2H3,(H,20,21);2-15H2,1H3,(H,17,18);4H,1-3H2. The van der Waals surface area contributed by atoms with Gasteiger partial charge in [-0.2, -0.15) is 0 Å². The molecule has 0 radical (unpaired) electrons. The van der Waals surface area contributed by atoms with Crippen molar-refractivity contribution in [3.63, 3.8) is 0 Å². The van der Waals surface area contributed by atoms with E-state index < -0.39 is 5.97 Å². The van der Waals surface area contributed by atoms with Gasteiger partial charge in [0.1, 0.15) is 0 Å². The van der Waals surface area contributed by atoms with Crippen molar-refractivity contribution in [2.24, 2.45) is 5.73 Å². The maximum Gasteiger partial charge on any atom is 0.303 e. The summed E-state index contributed by atoms with van der Waals surface area (Å²) < 4.78 is 0. The fourth-order valence-electron chi connectivity index (χ4n) is 4.95. The molecule has 0 spiro atoms. The molecule has 6 heteroatoms. The Labute approximate surface area is 269 Å². The van der Waals surface area contributed by atoms with Crippen molar-refractivity contribution in [2.45, 2.75) is 207 Å². The van der Waals surface area contributed by atoms with Crippen LogP contribution in [0.4, 0.5) is 0 Å². The molecule has 1 amide bonds. The van der Waals surface area contributed by atoms with Crippen molar-refractivity contribution in [1.82, 2.24) is 5.32 Å². The van der Waals surface area contributed by atoms with Crippen LogP contribution in [-0.4, -0.2) is 41.8 Å². The van der Waals surface area contributed by atoms with Crippen molar-refractivity contribution in [1.29, 1.82) is 0 Å². The number of amides is 1. The molecule has 0 aliphatic rings. The highest BCUT2D eigenvalue weighted by Gasteiger charge is 2.00. The van der Waals surface area contributed by atoms with E-state index in [0.29, 0.717) is 13.0 Å². The Morgan fingerprint density at radius 1 is 0.488 bits per heavy atom. The molecule has 0 fully saturated rings. The smallest absolute Gasteiger partial charge is 0.303 e. The van der Waals surface area contributed by atoms with Gasteiger partial charge in [0.15, 0.2) is 0 Å². The van der Waals surface area contributed by atoms with Crippen LogP contribution in [0.1, 0.15) is 207 Å². The minimum Gasteiger partial charge on any atom is -0.481 e. The van der Waals surface area contributed by atoms with Crippen molar-refractivity contribution in [3.8, 4) is 0 Å². The van der Waals surface area contributed by atoms with Gasteiger partial charge < -0.3 is 21.3 Å². The SMILES string of the molecule is CCCCCCCCCCCCCCCC(=O)NCCC.CCCCCCCCCCCCCCCC(=O)O.NCCO. The number of aliphatic hydroxyl groups is 1. The fourth-order valence-corrected chi connectivity index (χ4v) is 4.95. The van der Waals surface area contributed by atoms with E-state index in [1.54, 1.807) is 0 Å². The van der Waals surface area contributed by atoms with Crippen LogP contribution in [0, 0.1) is 0 Å². The van der Waals surface area contributed by atoms with E-state index >= 15 is 0 Å². The molecule has 5 N–H and O–H groups in total. The van der Waals surface area contributed by atoms with Crippen molar-refractivity contribution in [2.75, 3.05) is 19.7 Å². The predicted octanol–water partition coefficient (Wildman–Crippen LogP) is 10.5. The topological polar surface area (TPSA) is 113 Å². The minimum atomic E-state index is -0.655. The zero-order valence-corrected chi connectivity index (χ0v) is 29.4. The monoisotopic (exact) mass is 615 g/mol. The molecule has 0 rings (SSSR count). The average molecular weight is 615 g/mol. The van der Waals surface area contributed by atoms with Crippen LogP contribution in [0.2, 0.25) is 0 Å². The Morgan fingerprint density at radius 3 is 1.02 bits per heavy atom. The zero-order valence-electron chi connectivity index (χ0n) is 29.4. The van der Waals surface area contributed by atoms with Gasteiger partial charge >= 0.3 is 5.97 Å². The molecule has 43 heavy (non-hydrogen) atoms. The van der Waals surface area contributed by atoms with E-state index in [4.69, 9.17) is 15.9 Å². The third kappa shape index (κ3) is 53.8. The highest BCUT2D eigenvalue weighted by molar-refractivity contribution is 5.75. The molecule has 0 aliphatic carbocycles. The molecular weight excluding hydrogens is 536 g/mol. The lowest BCUT2D eigenvalue weighted by Crippen LogP contribution is -2.23. The molecule has 0 heterocycles. The Hall–Kier alpha value is -1.14. The number of hydrogen-bond acceptors (Lipinski definition) is 4. The number of hydrogen-bond donors (Lipinski definition) is 4. The van der Waals surface area contributed by atoms with Gasteiger partial charge in [-0.25, -0.2) is 0 Å². The van der Waals surface area contributed by atoms with E-state index in [2.05, 4.69) is 26.1 Å². The first-order valence-electron chi connectivity index (χ1n) is 18.8. The molecule has 0 unspecified atom stereocenters. The number of carbonyl (C=O) groups excluding carboxylic acids is 1. The lowest BCUT2D eigenvalue weighted by atomic mass is 10.0. The number of carboxylic acids is 1. The Bertz CT molecular complexity index is 515. The Morgan fingerprint density at radius 2 is 0.767 bits per heavy atom. The van der Waals surface area contributed by atoms with E-state index in [1.807, 2.05) is 0 Å². The third-order valence-corrected chi connectivity index (χ3v) is 7.70. The number of carboxylic acid groups (broad SMARTS) is 1. The van der Waals surface area contributed by atoms with Gasteiger partial charge in [0.25, 0.3) is 0 Å². The molecule has 0 aromatic rings. The number of aliphatic hydroxyl groups excluding tert-OH is 1. The summed E-state index contributed by atoms with van der Waals surface area (Å²) in [5.41, 5.74) is 4.78. The number of nitrogens with two attached hydrogens (primary N) is 1. The van der Waals surface area contributed by atoms with Gasteiger partial charge in [-0.05, 0) is 19.3 Å². The summed E-state index contributed by atoms with van der Waals surface area (Å²) in [5.74, 6) is -0.419. The number of unbranched alkanes of at least 4 members (excludes halogenated alkanes) is 24. The fraction of sp³-hybridized carbons (Fsp3) is 0.946. The summed E-state index contributed by atoms with van der Waals surface area (Å²) in [7, 11) is 0. The van der Waals surface area contributed by atoms with Crippen molar-refractivity contribution >= 4 is 11.9 Å². The quantitative estimate of drug-likeness (QED) is 0.0580. The largest absolute Gasteiger partial charge is 0.481 e. The van der Waals surface area contributed by atoms with Crippen LogP contribution in [0.15, 0.2) is 0 Å². The Kier molecular flexibility index (Phi) is 48.7. The average Bonchev–Trinajstić information content (AvgIpc) is 3.01. The van der Waals surface area contributed by atoms with Gasteiger partial charge in [0.05, 0.1) is 6.61 Å². The van der Waals surface area contributed by atoms with Crippen LogP contribution in [-0.2, 0) is 9.59 Å². The highest BCUT2D eigenvalue weighted by Crippen LogP contribution is 2.14. The molecular formula is C37H78N2O4. The first-order valence-corrected chi connectivity index (χ1v) is 18.8. The number of carbonyl (C=O) groups is 2. The predicted molar refractivity (Wildman–Crippen MR) is 188 cm³/mol. The molecule has 0 saturated heterocycles. The lowest BCUT2D eigenvalue weighted by molar-refractivity contribution is -0.137. The minimum absolute atomic E-state index is 0.0972. The summed E-state index contributed by atoms with van der Waals surface area (Å²) >= 11 is 0. The summed E-state index contributed by atoms with van der Waals surface area (Å²) in [5, 5.41) is 19.2. The first kappa shape index (κ1) is 46.3. The van der Waals surface area contributed by atoms with Crippen molar-refractivity contribution < 1.29 is 19.8 Å². The number of rotatable bonds is 31. The van der Waals surface area contributed by atoms with Crippen LogP contribution < -0.4 is 11.1 Å². The van der Waals surface area contributed by atoms with E-state index in [-0.39, 0.29) is 12.5 Å². The van der Waals surface area contributed by atoms with Crippen LogP contribution in [0.5, 0.6) is 0 Å². The zero-order chi connectivity index (χ0) is 32.5. The van der Waals surface area contributed by atoms with Crippen LogP contribution in [0.3, 0.4) is 0 Å². The summed E-state index contributed by atoms with van der Waals surface area (Å²) in [4.78, 5) is 21.7. The van der Waals surface area contributed by atoms with Gasteiger partial charge in [-0.3, -0.25) is 9.59 Å². The van der Waals surface area contributed by atoms with E-state index in [9.17, 15) is 9.59 Å².